The molecule has 0 aromatic heterocycles. The van der Waals surface area contributed by atoms with Gasteiger partial charge in [-0.15, -0.1) is 0 Å². The van der Waals surface area contributed by atoms with Crippen molar-refractivity contribution in [2.45, 2.75) is 26.2 Å². The molecule has 1 aliphatic heterocycles. The Bertz CT molecular complexity index is 843. The van der Waals surface area contributed by atoms with Crippen LogP contribution in [-0.2, 0) is 0 Å². The average molecular weight is 382 g/mol. The van der Waals surface area contributed by atoms with E-state index in [1.807, 2.05) is 36.1 Å². The molecule has 2 aromatic rings. The molecule has 1 saturated heterocycles. The van der Waals surface area contributed by atoms with Crippen LogP contribution in [0.5, 0.6) is 0 Å². The van der Waals surface area contributed by atoms with Crippen LogP contribution in [0.15, 0.2) is 48.5 Å². The average Bonchev–Trinajstić information content (AvgIpc) is 2.68. The number of nitrogens with zero attached hydrogens (tertiary/aromatic N) is 1. The third-order valence-electron chi connectivity index (χ3n) is 4.55. The van der Waals surface area contributed by atoms with Gasteiger partial charge in [-0.1, -0.05) is 23.8 Å². The number of hydrogen-bond donors (Lipinski definition) is 2. The first kappa shape index (κ1) is 19.0. The van der Waals surface area contributed by atoms with Crippen molar-refractivity contribution in [3.63, 3.8) is 0 Å². The number of nitrogens with one attached hydrogen (secondary N) is 2. The number of amides is 2. The first-order valence-electron chi connectivity index (χ1n) is 9.11. The number of thiocarbonyl (C=S) groups is 1. The summed E-state index contributed by atoms with van der Waals surface area (Å²) in [5.74, 6) is -0.235. The Morgan fingerprint density at radius 3 is 2.37 bits per heavy atom. The fraction of sp³-hybridized carbons (Fsp3) is 0.286. The van der Waals surface area contributed by atoms with E-state index in [0.717, 1.165) is 31.5 Å². The van der Waals surface area contributed by atoms with Gasteiger partial charge in [0.15, 0.2) is 5.11 Å². The Morgan fingerprint density at radius 2 is 1.67 bits per heavy atom. The number of rotatable bonds is 3. The first-order chi connectivity index (χ1) is 13.0. The van der Waals surface area contributed by atoms with Gasteiger partial charge in [-0.2, -0.15) is 0 Å². The fourth-order valence-corrected chi connectivity index (χ4v) is 3.26. The molecule has 1 aliphatic rings. The van der Waals surface area contributed by atoms with Crippen molar-refractivity contribution >= 4 is 34.8 Å². The molecule has 0 unspecified atom stereocenters. The van der Waals surface area contributed by atoms with Gasteiger partial charge in [-0.3, -0.25) is 14.9 Å². The van der Waals surface area contributed by atoms with Gasteiger partial charge in [0, 0.05) is 29.9 Å². The van der Waals surface area contributed by atoms with Crippen LogP contribution < -0.4 is 10.6 Å². The van der Waals surface area contributed by atoms with E-state index >= 15 is 0 Å². The molecule has 2 amide bonds. The number of carbonyl (C=O) groups is 2. The second-order valence-electron chi connectivity index (χ2n) is 6.71. The molecule has 0 spiro atoms. The van der Waals surface area contributed by atoms with Crippen LogP contribution in [0.1, 0.15) is 45.5 Å². The zero-order valence-electron chi connectivity index (χ0n) is 15.3. The molecule has 5 nitrogen and oxygen atoms in total. The summed E-state index contributed by atoms with van der Waals surface area (Å²) < 4.78 is 0. The molecule has 2 N–H and O–H groups in total. The lowest BCUT2D eigenvalue weighted by atomic mass is 10.1. The highest BCUT2D eigenvalue weighted by Crippen LogP contribution is 2.16. The van der Waals surface area contributed by atoms with E-state index in [1.54, 1.807) is 24.3 Å². The second-order valence-corrected chi connectivity index (χ2v) is 7.12. The van der Waals surface area contributed by atoms with E-state index in [1.165, 1.54) is 6.42 Å². The van der Waals surface area contributed by atoms with E-state index in [0.29, 0.717) is 16.8 Å². The summed E-state index contributed by atoms with van der Waals surface area (Å²) in [6, 6.07) is 14.5. The number of benzene rings is 2. The van der Waals surface area contributed by atoms with Crippen molar-refractivity contribution in [1.82, 2.24) is 10.2 Å². The van der Waals surface area contributed by atoms with Crippen molar-refractivity contribution in [3.05, 3.63) is 65.2 Å². The largest absolute Gasteiger partial charge is 0.339 e. The SMILES string of the molecule is Cc1ccc(C(=O)NC(=S)Nc2cccc(C(=O)N3CCCCC3)c2)cc1. The fourth-order valence-electron chi connectivity index (χ4n) is 3.05. The van der Waals surface area contributed by atoms with E-state index in [-0.39, 0.29) is 16.9 Å². The van der Waals surface area contributed by atoms with Gasteiger partial charge in [-0.05, 0) is 68.7 Å². The Balaban J connectivity index is 1.61. The van der Waals surface area contributed by atoms with Gasteiger partial charge in [-0.25, -0.2) is 0 Å². The summed E-state index contributed by atoms with van der Waals surface area (Å²) in [5.41, 5.74) is 2.92. The molecule has 1 fully saturated rings. The Labute approximate surface area is 164 Å². The quantitative estimate of drug-likeness (QED) is 0.795. The topological polar surface area (TPSA) is 61.4 Å². The molecule has 0 saturated carbocycles. The minimum atomic E-state index is -0.270. The molecular weight excluding hydrogens is 358 g/mol. The number of carbonyl (C=O) groups excluding carboxylic acids is 2. The van der Waals surface area contributed by atoms with Crippen molar-refractivity contribution in [2.24, 2.45) is 0 Å². The lowest BCUT2D eigenvalue weighted by Gasteiger charge is -2.26. The van der Waals surface area contributed by atoms with Crippen LogP contribution in [-0.4, -0.2) is 34.9 Å². The summed E-state index contributed by atoms with van der Waals surface area (Å²) >= 11 is 5.23. The Hall–Kier alpha value is -2.73. The lowest BCUT2D eigenvalue weighted by molar-refractivity contribution is 0.0724. The summed E-state index contributed by atoms with van der Waals surface area (Å²) in [6.45, 7) is 3.58. The molecule has 3 rings (SSSR count). The Kier molecular flexibility index (Phi) is 6.19. The van der Waals surface area contributed by atoms with Gasteiger partial charge >= 0.3 is 0 Å². The molecule has 6 heteroatoms. The third-order valence-corrected chi connectivity index (χ3v) is 4.76. The molecule has 140 valence electrons. The van der Waals surface area contributed by atoms with Crippen LogP contribution in [0.3, 0.4) is 0 Å². The van der Waals surface area contributed by atoms with Gasteiger partial charge in [0.05, 0.1) is 0 Å². The molecule has 0 atom stereocenters. The standard InChI is InChI=1S/C21H23N3O2S/c1-15-8-10-16(11-9-15)19(25)23-21(27)22-18-7-5-6-17(14-18)20(26)24-12-3-2-4-13-24/h5-11,14H,2-4,12-13H2,1H3,(H2,22,23,25,27). The summed E-state index contributed by atoms with van der Waals surface area (Å²) in [6.07, 6.45) is 3.29. The summed E-state index contributed by atoms with van der Waals surface area (Å²) in [4.78, 5) is 26.8. The van der Waals surface area contributed by atoms with Gasteiger partial charge < -0.3 is 10.2 Å². The van der Waals surface area contributed by atoms with Crippen LogP contribution in [0.25, 0.3) is 0 Å². The van der Waals surface area contributed by atoms with Gasteiger partial charge in [0.2, 0.25) is 0 Å². The third kappa shape index (κ3) is 5.14. The van der Waals surface area contributed by atoms with Crippen molar-refractivity contribution in [2.75, 3.05) is 18.4 Å². The summed E-state index contributed by atoms with van der Waals surface area (Å²) in [5, 5.41) is 5.84. The van der Waals surface area contributed by atoms with Crippen molar-refractivity contribution in [1.29, 1.82) is 0 Å². The predicted molar refractivity (Wildman–Crippen MR) is 111 cm³/mol. The smallest absolute Gasteiger partial charge is 0.257 e. The second kappa shape index (κ2) is 8.77. The van der Waals surface area contributed by atoms with E-state index in [4.69, 9.17) is 12.2 Å². The highest BCUT2D eigenvalue weighted by atomic mass is 32.1. The molecule has 0 aliphatic carbocycles. The van der Waals surface area contributed by atoms with Crippen LogP contribution in [0.2, 0.25) is 0 Å². The molecule has 0 bridgehead atoms. The minimum Gasteiger partial charge on any atom is -0.339 e. The van der Waals surface area contributed by atoms with Crippen LogP contribution in [0, 0.1) is 6.92 Å². The van der Waals surface area contributed by atoms with E-state index < -0.39 is 0 Å². The van der Waals surface area contributed by atoms with Gasteiger partial charge in [0.1, 0.15) is 0 Å². The summed E-state index contributed by atoms with van der Waals surface area (Å²) in [7, 11) is 0. The molecule has 2 aromatic carbocycles. The molecular formula is C21H23N3O2S. The number of likely N-dealkylation sites (tertiary alicyclic amines) is 1. The maximum absolute atomic E-state index is 12.6. The van der Waals surface area contributed by atoms with Crippen LogP contribution >= 0.6 is 12.2 Å². The monoisotopic (exact) mass is 381 g/mol. The van der Waals surface area contributed by atoms with E-state index in [2.05, 4.69) is 10.6 Å². The number of anilines is 1. The maximum Gasteiger partial charge on any atom is 0.257 e. The highest BCUT2D eigenvalue weighted by molar-refractivity contribution is 7.80. The molecule has 1 heterocycles. The maximum atomic E-state index is 12.6. The van der Waals surface area contributed by atoms with Gasteiger partial charge in [0.25, 0.3) is 11.8 Å². The first-order valence-corrected chi connectivity index (χ1v) is 9.52. The molecule has 27 heavy (non-hydrogen) atoms. The van der Waals surface area contributed by atoms with Crippen molar-refractivity contribution < 1.29 is 9.59 Å². The minimum absolute atomic E-state index is 0.0351. The van der Waals surface area contributed by atoms with E-state index in [9.17, 15) is 9.59 Å². The lowest BCUT2D eigenvalue weighted by Crippen LogP contribution is -2.36. The highest BCUT2D eigenvalue weighted by Gasteiger charge is 2.18. The number of piperidine rings is 1. The van der Waals surface area contributed by atoms with Crippen molar-refractivity contribution in [3.8, 4) is 0 Å². The predicted octanol–water partition coefficient (Wildman–Crippen LogP) is 3.75. The Morgan fingerprint density at radius 1 is 0.963 bits per heavy atom. The number of hydrogen-bond acceptors (Lipinski definition) is 3. The normalized spacial score (nSPS) is 13.7. The molecule has 0 radical (unpaired) electrons. The van der Waals surface area contributed by atoms with Crippen LogP contribution in [0.4, 0.5) is 5.69 Å². The zero-order valence-corrected chi connectivity index (χ0v) is 16.1. The number of aryl methyl sites for hydroxylation is 1. The zero-order chi connectivity index (χ0) is 19.2.